The van der Waals surface area contributed by atoms with Crippen molar-refractivity contribution < 1.29 is 24.5 Å². The van der Waals surface area contributed by atoms with Gasteiger partial charge in [-0.1, -0.05) is 24.3 Å². The predicted molar refractivity (Wildman–Crippen MR) is 107 cm³/mol. The summed E-state index contributed by atoms with van der Waals surface area (Å²) in [6, 6.07) is 3.81. The van der Waals surface area contributed by atoms with Gasteiger partial charge in [0.05, 0.1) is 18.3 Å². The summed E-state index contributed by atoms with van der Waals surface area (Å²) in [5.74, 6) is 1.13. The molecule has 1 heterocycles. The molecule has 1 saturated carbocycles. The van der Waals surface area contributed by atoms with Gasteiger partial charge in [-0.15, -0.1) is 0 Å². The van der Waals surface area contributed by atoms with E-state index in [1.165, 1.54) is 0 Å². The van der Waals surface area contributed by atoms with Crippen LogP contribution < -0.4 is 5.73 Å². The SMILES string of the molecule is Cc1ccc(CC[C@@H](O)/C=C/[C@@H]2[C@@H](C/C=C\CCCC(N)=O)[C@@H](O)C[C@@H]2O)o1. The minimum atomic E-state index is -0.625. The molecule has 156 valence electrons. The van der Waals surface area contributed by atoms with E-state index in [1.54, 1.807) is 6.08 Å². The summed E-state index contributed by atoms with van der Waals surface area (Å²) in [5, 5.41) is 30.7. The largest absolute Gasteiger partial charge is 0.466 e. The molecule has 6 heteroatoms. The molecule has 5 atom stereocenters. The fraction of sp³-hybridized carbons (Fsp3) is 0.591. The van der Waals surface area contributed by atoms with E-state index in [9.17, 15) is 20.1 Å². The Kier molecular flexibility index (Phi) is 8.96. The number of carbonyl (C=O) groups is 1. The van der Waals surface area contributed by atoms with Crippen molar-refractivity contribution in [1.29, 1.82) is 0 Å². The minimum Gasteiger partial charge on any atom is -0.466 e. The molecule has 0 saturated heterocycles. The smallest absolute Gasteiger partial charge is 0.217 e. The first kappa shape index (κ1) is 22.4. The Morgan fingerprint density at radius 1 is 1.32 bits per heavy atom. The zero-order chi connectivity index (χ0) is 20.5. The number of aryl methyl sites for hydroxylation is 2. The van der Waals surface area contributed by atoms with Crippen LogP contribution >= 0.6 is 0 Å². The summed E-state index contributed by atoms with van der Waals surface area (Å²) >= 11 is 0. The summed E-state index contributed by atoms with van der Waals surface area (Å²) < 4.78 is 5.50. The van der Waals surface area contributed by atoms with Crippen LogP contribution in [0.1, 0.15) is 50.0 Å². The maximum Gasteiger partial charge on any atom is 0.217 e. The fourth-order valence-electron chi connectivity index (χ4n) is 3.73. The van der Waals surface area contributed by atoms with Crippen molar-refractivity contribution in [3.05, 3.63) is 48.0 Å². The van der Waals surface area contributed by atoms with Gasteiger partial charge in [0.2, 0.25) is 5.91 Å². The second kappa shape index (κ2) is 11.2. The number of hydrogen-bond acceptors (Lipinski definition) is 5. The van der Waals surface area contributed by atoms with Gasteiger partial charge in [0.25, 0.3) is 0 Å². The first-order chi connectivity index (χ1) is 13.4. The Labute approximate surface area is 166 Å². The second-order valence-corrected chi connectivity index (χ2v) is 7.68. The highest BCUT2D eigenvalue weighted by atomic mass is 16.3. The average molecular weight is 392 g/mol. The summed E-state index contributed by atoms with van der Waals surface area (Å²) in [4.78, 5) is 10.7. The van der Waals surface area contributed by atoms with Crippen molar-refractivity contribution in [3.63, 3.8) is 0 Å². The van der Waals surface area contributed by atoms with Crippen LogP contribution in [0.25, 0.3) is 0 Å². The van der Waals surface area contributed by atoms with Crippen molar-refractivity contribution in [2.24, 2.45) is 17.6 Å². The number of unbranched alkanes of at least 4 members (excludes halogenated alkanes) is 1. The summed E-state index contributed by atoms with van der Waals surface area (Å²) in [6.45, 7) is 1.89. The third-order valence-electron chi connectivity index (χ3n) is 5.32. The zero-order valence-corrected chi connectivity index (χ0v) is 16.5. The molecule has 1 aliphatic carbocycles. The summed E-state index contributed by atoms with van der Waals surface area (Å²) in [7, 11) is 0. The molecule has 1 aromatic heterocycles. The van der Waals surface area contributed by atoms with Crippen LogP contribution in [0.15, 0.2) is 40.9 Å². The molecular formula is C22H33NO5. The average Bonchev–Trinajstić information content (AvgIpc) is 3.16. The van der Waals surface area contributed by atoms with Crippen LogP contribution in [-0.4, -0.2) is 39.5 Å². The summed E-state index contributed by atoms with van der Waals surface area (Å²) in [5.41, 5.74) is 5.11. The number of hydrogen-bond donors (Lipinski definition) is 4. The first-order valence-electron chi connectivity index (χ1n) is 10.1. The van der Waals surface area contributed by atoms with E-state index >= 15 is 0 Å². The lowest BCUT2D eigenvalue weighted by atomic mass is 9.89. The molecule has 1 aromatic rings. The Morgan fingerprint density at radius 3 is 2.79 bits per heavy atom. The highest BCUT2D eigenvalue weighted by Gasteiger charge is 2.39. The quantitative estimate of drug-likeness (QED) is 0.341. The Bertz CT molecular complexity index is 666. The Balaban J connectivity index is 1.81. The highest BCUT2D eigenvalue weighted by Crippen LogP contribution is 2.36. The maximum atomic E-state index is 10.7. The molecule has 2 rings (SSSR count). The molecule has 0 spiro atoms. The van der Waals surface area contributed by atoms with Crippen LogP contribution in [0.3, 0.4) is 0 Å². The zero-order valence-electron chi connectivity index (χ0n) is 16.5. The van der Waals surface area contributed by atoms with E-state index in [0.717, 1.165) is 17.9 Å². The fourth-order valence-corrected chi connectivity index (χ4v) is 3.73. The number of primary amides is 1. The molecule has 0 unspecified atom stereocenters. The van der Waals surface area contributed by atoms with Crippen LogP contribution in [-0.2, 0) is 11.2 Å². The lowest BCUT2D eigenvalue weighted by molar-refractivity contribution is -0.118. The second-order valence-electron chi connectivity index (χ2n) is 7.68. The predicted octanol–water partition coefficient (Wildman–Crippen LogP) is 2.40. The summed E-state index contributed by atoms with van der Waals surface area (Å²) in [6.07, 6.45) is 9.75. The molecule has 0 aromatic carbocycles. The highest BCUT2D eigenvalue weighted by molar-refractivity contribution is 5.73. The number of aliphatic hydroxyl groups excluding tert-OH is 3. The number of rotatable bonds is 11. The number of furan rings is 1. The molecule has 1 aliphatic rings. The van der Waals surface area contributed by atoms with Gasteiger partial charge >= 0.3 is 0 Å². The molecular weight excluding hydrogens is 358 g/mol. The molecule has 1 amide bonds. The van der Waals surface area contributed by atoms with Crippen molar-refractivity contribution in [2.75, 3.05) is 0 Å². The number of aliphatic hydroxyl groups is 3. The number of nitrogens with two attached hydrogens (primary N) is 1. The van der Waals surface area contributed by atoms with Gasteiger partial charge in [-0.05, 0) is 50.7 Å². The van der Waals surface area contributed by atoms with E-state index in [1.807, 2.05) is 37.3 Å². The van der Waals surface area contributed by atoms with Crippen molar-refractivity contribution in [3.8, 4) is 0 Å². The normalized spacial score (nSPS) is 26.4. The first-order valence-corrected chi connectivity index (χ1v) is 10.1. The van der Waals surface area contributed by atoms with Crippen LogP contribution in [0.2, 0.25) is 0 Å². The molecule has 6 nitrogen and oxygen atoms in total. The van der Waals surface area contributed by atoms with Gasteiger partial charge in [-0.2, -0.15) is 0 Å². The standard InChI is InChI=1S/C22H33NO5/c1-15-8-11-17(28-15)12-9-16(24)10-13-19-18(20(25)14-21(19)26)6-4-2-3-5-7-22(23)27/h2,4,8,10-11,13,16,18-21,24-26H,3,5-7,9,12,14H2,1H3,(H2,23,27)/b4-2-,13-10+/t16-,18-,19-,20+,21+/m1/s1. The molecule has 5 N–H and O–H groups in total. The Morgan fingerprint density at radius 2 is 2.11 bits per heavy atom. The molecule has 1 fully saturated rings. The van der Waals surface area contributed by atoms with Gasteiger partial charge < -0.3 is 25.5 Å². The molecule has 28 heavy (non-hydrogen) atoms. The van der Waals surface area contributed by atoms with E-state index in [2.05, 4.69) is 0 Å². The topological polar surface area (TPSA) is 117 Å². The molecule has 0 radical (unpaired) electrons. The molecule has 0 aliphatic heterocycles. The van der Waals surface area contributed by atoms with Crippen molar-refractivity contribution >= 4 is 5.91 Å². The molecule has 0 bridgehead atoms. The van der Waals surface area contributed by atoms with Crippen molar-refractivity contribution in [1.82, 2.24) is 0 Å². The lowest BCUT2D eigenvalue weighted by Crippen LogP contribution is -2.20. The van der Waals surface area contributed by atoms with E-state index in [4.69, 9.17) is 10.2 Å². The van der Waals surface area contributed by atoms with Crippen LogP contribution in [0.5, 0.6) is 0 Å². The van der Waals surface area contributed by atoms with Gasteiger partial charge in [0.15, 0.2) is 0 Å². The van der Waals surface area contributed by atoms with E-state index in [-0.39, 0.29) is 17.7 Å². The van der Waals surface area contributed by atoms with Gasteiger partial charge in [-0.25, -0.2) is 0 Å². The maximum absolute atomic E-state index is 10.7. The Hall–Kier alpha value is -1.89. The monoisotopic (exact) mass is 391 g/mol. The van der Waals surface area contributed by atoms with Gasteiger partial charge in [0, 0.05) is 25.2 Å². The number of carbonyl (C=O) groups excluding carboxylic acids is 1. The van der Waals surface area contributed by atoms with Gasteiger partial charge in [0.1, 0.15) is 11.5 Å². The third-order valence-corrected chi connectivity index (χ3v) is 5.32. The van der Waals surface area contributed by atoms with E-state index < -0.39 is 18.3 Å². The third kappa shape index (κ3) is 7.26. The number of allylic oxidation sites excluding steroid dienone is 2. The van der Waals surface area contributed by atoms with Gasteiger partial charge in [-0.3, -0.25) is 4.79 Å². The number of amides is 1. The lowest BCUT2D eigenvalue weighted by Gasteiger charge is -2.19. The van der Waals surface area contributed by atoms with Crippen LogP contribution in [0, 0.1) is 18.8 Å². The van der Waals surface area contributed by atoms with E-state index in [0.29, 0.717) is 38.5 Å². The minimum absolute atomic E-state index is 0.0847. The van der Waals surface area contributed by atoms with Crippen LogP contribution in [0.4, 0.5) is 0 Å². The van der Waals surface area contributed by atoms with Crippen molar-refractivity contribution in [2.45, 2.75) is 70.2 Å².